The fraction of sp³-hybridized carbons (Fsp3) is 0.120. The largest absolute Gasteiger partial charge is 0.416 e. The Kier molecular flexibility index (Phi) is 6.68. The molecule has 36 heavy (non-hydrogen) atoms. The first-order valence-corrected chi connectivity index (χ1v) is 12.7. The van der Waals surface area contributed by atoms with E-state index in [0.717, 1.165) is 18.4 Å². The van der Waals surface area contributed by atoms with Crippen LogP contribution in [-0.2, 0) is 23.1 Å². The third-order valence-corrected chi connectivity index (χ3v) is 6.82. The number of nitrogens with zero attached hydrogens (tertiary/aromatic N) is 2. The van der Waals surface area contributed by atoms with Gasteiger partial charge in [0.25, 0.3) is 5.91 Å². The summed E-state index contributed by atoms with van der Waals surface area (Å²) >= 11 is 6.30. The van der Waals surface area contributed by atoms with Crippen molar-refractivity contribution in [2.24, 2.45) is 7.05 Å². The third kappa shape index (κ3) is 5.44. The number of halogens is 4. The highest BCUT2D eigenvalue weighted by Crippen LogP contribution is 2.35. The Morgan fingerprint density at radius 1 is 1.00 bits per heavy atom. The molecule has 3 aromatic carbocycles. The fourth-order valence-electron chi connectivity index (χ4n) is 3.61. The van der Waals surface area contributed by atoms with Gasteiger partial charge >= 0.3 is 6.18 Å². The number of alkyl halides is 3. The van der Waals surface area contributed by atoms with Crippen molar-refractivity contribution in [3.05, 3.63) is 89.1 Å². The van der Waals surface area contributed by atoms with Crippen molar-refractivity contribution in [1.82, 2.24) is 9.78 Å². The summed E-state index contributed by atoms with van der Waals surface area (Å²) in [4.78, 5) is 13.1. The van der Waals surface area contributed by atoms with Gasteiger partial charge in [-0.25, -0.2) is 8.42 Å². The van der Waals surface area contributed by atoms with Gasteiger partial charge in [0.15, 0.2) is 9.84 Å². The van der Waals surface area contributed by atoms with E-state index < -0.39 is 27.5 Å². The Morgan fingerprint density at radius 3 is 2.39 bits per heavy atom. The van der Waals surface area contributed by atoms with Crippen LogP contribution < -0.4 is 5.32 Å². The molecule has 0 aliphatic rings. The van der Waals surface area contributed by atoms with Crippen molar-refractivity contribution in [1.29, 1.82) is 0 Å². The number of amides is 1. The van der Waals surface area contributed by atoms with E-state index in [-0.39, 0.29) is 21.6 Å². The van der Waals surface area contributed by atoms with Gasteiger partial charge in [0.1, 0.15) is 0 Å². The summed E-state index contributed by atoms with van der Waals surface area (Å²) in [5, 5.41) is 7.43. The molecular formula is C25H19ClF3N3O3S. The summed E-state index contributed by atoms with van der Waals surface area (Å²) in [6.45, 7) is 0. The van der Waals surface area contributed by atoms with Crippen LogP contribution >= 0.6 is 11.6 Å². The Balaban J connectivity index is 1.77. The summed E-state index contributed by atoms with van der Waals surface area (Å²) in [7, 11) is -1.94. The number of aromatic nitrogens is 2. The van der Waals surface area contributed by atoms with Gasteiger partial charge in [0, 0.05) is 36.3 Å². The highest BCUT2D eigenvalue weighted by atomic mass is 35.5. The van der Waals surface area contributed by atoms with Crippen LogP contribution in [0.3, 0.4) is 0 Å². The molecule has 6 nitrogen and oxygen atoms in total. The van der Waals surface area contributed by atoms with Gasteiger partial charge in [-0.1, -0.05) is 23.7 Å². The lowest BCUT2D eigenvalue weighted by Gasteiger charge is -2.14. The number of anilines is 1. The van der Waals surface area contributed by atoms with Crippen molar-refractivity contribution in [3.8, 4) is 22.4 Å². The molecule has 4 aromatic rings. The summed E-state index contributed by atoms with van der Waals surface area (Å²) in [6.07, 6.45) is -1.90. The number of carbonyl (C=O) groups is 1. The van der Waals surface area contributed by atoms with Crippen molar-refractivity contribution in [2.75, 3.05) is 11.6 Å². The SMILES string of the molecule is Cn1ccc(-c2cc(NC(=O)c3ccc(S(C)(=O)=O)cc3-c3cccc(C(F)(F)F)c3)ccc2Cl)n1. The number of hydrogen-bond donors (Lipinski definition) is 1. The number of aryl methyl sites for hydroxylation is 1. The van der Waals surface area contributed by atoms with Crippen LogP contribution in [0.25, 0.3) is 22.4 Å². The topological polar surface area (TPSA) is 81.1 Å². The van der Waals surface area contributed by atoms with Crippen molar-refractivity contribution < 1.29 is 26.4 Å². The highest BCUT2D eigenvalue weighted by Gasteiger charge is 2.31. The average molecular weight is 534 g/mol. The molecule has 0 saturated carbocycles. The number of nitrogens with one attached hydrogen (secondary N) is 1. The number of benzene rings is 3. The summed E-state index contributed by atoms with van der Waals surface area (Å²) in [6, 6.07) is 14.6. The van der Waals surface area contributed by atoms with Gasteiger partial charge in [-0.3, -0.25) is 9.48 Å². The minimum absolute atomic E-state index is 0.00365. The van der Waals surface area contributed by atoms with Crippen LogP contribution in [0.15, 0.2) is 77.8 Å². The van der Waals surface area contributed by atoms with E-state index in [0.29, 0.717) is 22.0 Å². The van der Waals surface area contributed by atoms with Gasteiger partial charge in [0.2, 0.25) is 0 Å². The summed E-state index contributed by atoms with van der Waals surface area (Å²) in [5.74, 6) is -0.642. The second-order valence-electron chi connectivity index (χ2n) is 8.08. The van der Waals surface area contributed by atoms with Gasteiger partial charge in [-0.05, 0) is 65.7 Å². The Hall–Kier alpha value is -3.63. The maximum Gasteiger partial charge on any atom is 0.416 e. The van der Waals surface area contributed by atoms with Crippen LogP contribution in [0, 0.1) is 0 Å². The van der Waals surface area contributed by atoms with Gasteiger partial charge in [0.05, 0.1) is 21.2 Å². The zero-order valence-electron chi connectivity index (χ0n) is 19.0. The lowest BCUT2D eigenvalue weighted by molar-refractivity contribution is -0.137. The first-order valence-electron chi connectivity index (χ1n) is 10.5. The van der Waals surface area contributed by atoms with Crippen molar-refractivity contribution >= 4 is 33.0 Å². The van der Waals surface area contributed by atoms with E-state index in [9.17, 15) is 26.4 Å². The molecule has 4 rings (SSSR count). The first kappa shape index (κ1) is 25.5. The molecule has 0 unspecified atom stereocenters. The molecule has 0 aliphatic carbocycles. The molecule has 0 atom stereocenters. The summed E-state index contributed by atoms with van der Waals surface area (Å²) in [5.41, 5.74) is 0.685. The molecule has 0 saturated heterocycles. The molecule has 0 spiro atoms. The highest BCUT2D eigenvalue weighted by molar-refractivity contribution is 7.90. The molecule has 1 amide bonds. The molecular weight excluding hydrogens is 515 g/mol. The number of rotatable bonds is 5. The number of sulfone groups is 1. The standard InChI is InChI=1S/C25H19ClF3N3O3S/c1-32-11-10-23(31-32)21-13-17(6-9-22(21)26)30-24(33)19-8-7-18(36(2,34)35)14-20(19)15-4-3-5-16(12-15)25(27,28)29/h3-14H,1-2H3,(H,30,33). The molecule has 1 N–H and O–H groups in total. The van der Waals surface area contributed by atoms with E-state index in [1.807, 2.05) is 0 Å². The quantitative estimate of drug-likeness (QED) is 0.337. The maximum atomic E-state index is 13.3. The number of hydrogen-bond acceptors (Lipinski definition) is 4. The van der Waals surface area contributed by atoms with Crippen LogP contribution in [0.5, 0.6) is 0 Å². The van der Waals surface area contributed by atoms with Crippen LogP contribution in [-0.4, -0.2) is 30.4 Å². The van der Waals surface area contributed by atoms with Gasteiger partial charge < -0.3 is 5.32 Å². The Labute approximate surface area is 210 Å². The average Bonchev–Trinajstić information content (AvgIpc) is 3.25. The first-order chi connectivity index (χ1) is 16.8. The second kappa shape index (κ2) is 9.44. The van der Waals surface area contributed by atoms with E-state index in [2.05, 4.69) is 10.4 Å². The smallest absolute Gasteiger partial charge is 0.322 e. The third-order valence-electron chi connectivity index (χ3n) is 5.38. The van der Waals surface area contributed by atoms with E-state index in [1.54, 1.807) is 42.2 Å². The van der Waals surface area contributed by atoms with E-state index >= 15 is 0 Å². The van der Waals surface area contributed by atoms with Crippen LogP contribution in [0.4, 0.5) is 18.9 Å². The second-order valence-corrected chi connectivity index (χ2v) is 10.5. The Bertz CT molecular complexity index is 1580. The molecule has 11 heteroatoms. The summed E-state index contributed by atoms with van der Waals surface area (Å²) < 4.78 is 65.8. The lowest BCUT2D eigenvalue weighted by atomic mass is 9.97. The van der Waals surface area contributed by atoms with E-state index in [4.69, 9.17) is 11.6 Å². The van der Waals surface area contributed by atoms with Crippen molar-refractivity contribution in [3.63, 3.8) is 0 Å². The van der Waals surface area contributed by atoms with Gasteiger partial charge in [-0.2, -0.15) is 18.3 Å². The van der Waals surface area contributed by atoms with Crippen LogP contribution in [0.1, 0.15) is 15.9 Å². The number of carbonyl (C=O) groups excluding carboxylic acids is 1. The zero-order chi connectivity index (χ0) is 26.3. The normalized spacial score (nSPS) is 11.9. The molecule has 0 bridgehead atoms. The molecule has 0 aliphatic heterocycles. The monoisotopic (exact) mass is 533 g/mol. The lowest BCUT2D eigenvalue weighted by Crippen LogP contribution is -2.14. The molecule has 0 radical (unpaired) electrons. The van der Waals surface area contributed by atoms with Crippen LogP contribution in [0.2, 0.25) is 5.02 Å². The maximum absolute atomic E-state index is 13.3. The molecule has 1 aromatic heterocycles. The predicted octanol–water partition coefficient (Wildman–Crippen LogP) is 6.08. The molecule has 1 heterocycles. The predicted molar refractivity (Wildman–Crippen MR) is 132 cm³/mol. The van der Waals surface area contributed by atoms with E-state index in [1.165, 1.54) is 30.3 Å². The molecule has 0 fully saturated rings. The Morgan fingerprint density at radius 2 is 1.75 bits per heavy atom. The fourth-order valence-corrected chi connectivity index (χ4v) is 4.47. The zero-order valence-corrected chi connectivity index (χ0v) is 20.5. The minimum Gasteiger partial charge on any atom is -0.322 e. The van der Waals surface area contributed by atoms with Crippen molar-refractivity contribution in [2.45, 2.75) is 11.1 Å². The minimum atomic E-state index is -4.61. The molecule has 186 valence electrons. The van der Waals surface area contributed by atoms with Gasteiger partial charge in [-0.15, -0.1) is 0 Å².